The molecular formula is C15H23NO2. The van der Waals surface area contributed by atoms with Crippen LogP contribution in [0.1, 0.15) is 32.3 Å². The highest BCUT2D eigenvalue weighted by atomic mass is 16.6. The van der Waals surface area contributed by atoms with E-state index >= 15 is 0 Å². The topological polar surface area (TPSA) is 29.5 Å². The van der Waals surface area contributed by atoms with Crippen molar-refractivity contribution in [2.24, 2.45) is 0 Å². The molecule has 0 fully saturated rings. The van der Waals surface area contributed by atoms with Crippen molar-refractivity contribution in [2.75, 3.05) is 13.7 Å². The van der Waals surface area contributed by atoms with Crippen LogP contribution in [-0.4, -0.2) is 30.7 Å². The molecule has 1 rings (SSSR count). The first-order valence-electron chi connectivity index (χ1n) is 6.58. The Morgan fingerprint density at radius 3 is 2.61 bits per heavy atom. The third-order valence-electron chi connectivity index (χ3n) is 3.05. The van der Waals surface area contributed by atoms with E-state index in [0.717, 1.165) is 19.3 Å². The molecule has 3 heteroatoms. The minimum atomic E-state index is -0.230. The molecule has 1 unspecified atom stereocenters. The first-order valence-corrected chi connectivity index (χ1v) is 6.58. The number of hydrogen-bond acceptors (Lipinski definition) is 2. The van der Waals surface area contributed by atoms with Crippen molar-refractivity contribution in [1.82, 2.24) is 4.90 Å². The smallest absolute Gasteiger partial charge is 0.409 e. The van der Waals surface area contributed by atoms with Gasteiger partial charge in [0.05, 0.1) is 6.61 Å². The Morgan fingerprint density at radius 1 is 1.33 bits per heavy atom. The van der Waals surface area contributed by atoms with Gasteiger partial charge in [-0.3, -0.25) is 0 Å². The van der Waals surface area contributed by atoms with E-state index in [1.54, 1.807) is 11.9 Å². The molecular weight excluding hydrogens is 226 g/mol. The predicted molar refractivity (Wildman–Crippen MR) is 73.6 cm³/mol. The van der Waals surface area contributed by atoms with E-state index in [1.807, 2.05) is 25.1 Å². The largest absolute Gasteiger partial charge is 0.449 e. The summed E-state index contributed by atoms with van der Waals surface area (Å²) in [6, 6.07) is 10.3. The predicted octanol–water partition coefficient (Wildman–Crippen LogP) is 3.49. The highest BCUT2D eigenvalue weighted by Crippen LogP contribution is 2.08. The first-order chi connectivity index (χ1) is 8.65. The molecule has 1 aromatic rings. The van der Waals surface area contributed by atoms with Crippen LogP contribution in [0.25, 0.3) is 0 Å². The van der Waals surface area contributed by atoms with Crippen LogP contribution in [-0.2, 0) is 11.2 Å². The van der Waals surface area contributed by atoms with Gasteiger partial charge in [-0.2, -0.15) is 0 Å². The monoisotopic (exact) mass is 249 g/mol. The number of unbranched alkanes of at least 4 members (excludes halogenated alkanes) is 1. The summed E-state index contributed by atoms with van der Waals surface area (Å²) < 4.78 is 5.19. The summed E-state index contributed by atoms with van der Waals surface area (Å²) in [4.78, 5) is 13.4. The van der Waals surface area contributed by atoms with Gasteiger partial charge in [-0.15, -0.1) is 0 Å². The molecule has 0 aliphatic carbocycles. The van der Waals surface area contributed by atoms with E-state index in [1.165, 1.54) is 5.56 Å². The molecule has 0 spiro atoms. The Hall–Kier alpha value is -1.51. The van der Waals surface area contributed by atoms with Gasteiger partial charge in [-0.1, -0.05) is 43.7 Å². The molecule has 18 heavy (non-hydrogen) atoms. The fourth-order valence-corrected chi connectivity index (χ4v) is 1.68. The molecule has 0 heterocycles. The van der Waals surface area contributed by atoms with Crippen LogP contribution in [0.5, 0.6) is 0 Å². The summed E-state index contributed by atoms with van der Waals surface area (Å²) in [5.74, 6) is 0. The fraction of sp³-hybridized carbons (Fsp3) is 0.533. The Morgan fingerprint density at radius 2 is 2.00 bits per heavy atom. The van der Waals surface area contributed by atoms with Gasteiger partial charge in [-0.05, 0) is 25.3 Å². The van der Waals surface area contributed by atoms with Gasteiger partial charge in [0, 0.05) is 13.1 Å². The third kappa shape index (κ3) is 4.78. The lowest BCUT2D eigenvalue weighted by molar-refractivity contribution is 0.0983. The van der Waals surface area contributed by atoms with Crippen LogP contribution in [0.2, 0.25) is 0 Å². The molecule has 0 aromatic heterocycles. The Kier molecular flexibility index (Phi) is 6.26. The molecule has 1 aromatic carbocycles. The van der Waals surface area contributed by atoms with E-state index < -0.39 is 0 Å². The number of benzene rings is 1. The van der Waals surface area contributed by atoms with Gasteiger partial charge in [0.1, 0.15) is 0 Å². The van der Waals surface area contributed by atoms with Crippen molar-refractivity contribution in [1.29, 1.82) is 0 Å². The summed E-state index contributed by atoms with van der Waals surface area (Å²) in [5.41, 5.74) is 1.23. The molecule has 0 aliphatic heterocycles. The van der Waals surface area contributed by atoms with Crippen LogP contribution in [0.3, 0.4) is 0 Å². The zero-order chi connectivity index (χ0) is 13.4. The van der Waals surface area contributed by atoms with E-state index in [9.17, 15) is 4.79 Å². The standard InChI is InChI=1S/C15H23NO2/c1-4-5-11-18-15(17)16(3)13(2)12-14-9-7-6-8-10-14/h6-10,13H,4-5,11-12H2,1-3H3. The number of likely N-dealkylation sites (N-methyl/N-ethyl adjacent to an activating group) is 1. The Balaban J connectivity index is 2.40. The molecule has 0 N–H and O–H groups in total. The van der Waals surface area contributed by atoms with Gasteiger partial charge in [0.15, 0.2) is 0 Å². The summed E-state index contributed by atoms with van der Waals surface area (Å²) in [7, 11) is 1.79. The van der Waals surface area contributed by atoms with E-state index in [2.05, 4.69) is 19.1 Å². The highest BCUT2D eigenvalue weighted by molar-refractivity contribution is 5.67. The minimum absolute atomic E-state index is 0.140. The molecule has 0 bridgehead atoms. The lowest BCUT2D eigenvalue weighted by atomic mass is 10.1. The quantitative estimate of drug-likeness (QED) is 0.722. The van der Waals surface area contributed by atoms with Crippen molar-refractivity contribution < 1.29 is 9.53 Å². The van der Waals surface area contributed by atoms with Gasteiger partial charge in [0.25, 0.3) is 0 Å². The average molecular weight is 249 g/mol. The summed E-state index contributed by atoms with van der Waals surface area (Å²) in [6.45, 7) is 4.63. The SMILES string of the molecule is CCCCOC(=O)N(C)C(C)Cc1ccccc1. The molecule has 0 saturated heterocycles. The number of nitrogens with zero attached hydrogens (tertiary/aromatic N) is 1. The van der Waals surface area contributed by atoms with Crippen LogP contribution < -0.4 is 0 Å². The lowest BCUT2D eigenvalue weighted by Crippen LogP contribution is -2.37. The van der Waals surface area contributed by atoms with Crippen LogP contribution in [0.15, 0.2) is 30.3 Å². The Labute approximate surface area is 110 Å². The molecule has 1 atom stereocenters. The second kappa shape index (κ2) is 7.75. The summed E-state index contributed by atoms with van der Waals surface area (Å²) >= 11 is 0. The van der Waals surface area contributed by atoms with Crippen molar-refractivity contribution in [2.45, 2.75) is 39.2 Å². The molecule has 0 aliphatic rings. The maximum Gasteiger partial charge on any atom is 0.409 e. The molecule has 0 saturated carbocycles. The average Bonchev–Trinajstić information content (AvgIpc) is 2.39. The summed E-state index contributed by atoms with van der Waals surface area (Å²) in [6.07, 6.45) is 2.58. The second-order valence-corrected chi connectivity index (χ2v) is 4.62. The van der Waals surface area contributed by atoms with Gasteiger partial charge in [0.2, 0.25) is 0 Å². The zero-order valence-corrected chi connectivity index (χ0v) is 11.6. The minimum Gasteiger partial charge on any atom is -0.449 e. The van der Waals surface area contributed by atoms with Crippen molar-refractivity contribution in [3.05, 3.63) is 35.9 Å². The van der Waals surface area contributed by atoms with Gasteiger partial charge in [-0.25, -0.2) is 4.79 Å². The van der Waals surface area contributed by atoms with Gasteiger partial charge < -0.3 is 9.64 Å². The van der Waals surface area contributed by atoms with Crippen LogP contribution in [0, 0.1) is 0 Å². The number of ether oxygens (including phenoxy) is 1. The van der Waals surface area contributed by atoms with Crippen molar-refractivity contribution >= 4 is 6.09 Å². The van der Waals surface area contributed by atoms with Crippen molar-refractivity contribution in [3.63, 3.8) is 0 Å². The highest BCUT2D eigenvalue weighted by Gasteiger charge is 2.16. The number of amides is 1. The van der Waals surface area contributed by atoms with Crippen molar-refractivity contribution in [3.8, 4) is 0 Å². The molecule has 3 nitrogen and oxygen atoms in total. The number of carbonyl (C=O) groups excluding carboxylic acids is 1. The first kappa shape index (κ1) is 14.6. The second-order valence-electron chi connectivity index (χ2n) is 4.62. The number of carbonyl (C=O) groups is 1. The van der Waals surface area contributed by atoms with E-state index in [4.69, 9.17) is 4.74 Å². The van der Waals surface area contributed by atoms with Crippen LogP contribution in [0.4, 0.5) is 4.79 Å². The van der Waals surface area contributed by atoms with Gasteiger partial charge >= 0.3 is 6.09 Å². The zero-order valence-electron chi connectivity index (χ0n) is 11.6. The van der Waals surface area contributed by atoms with E-state index in [-0.39, 0.29) is 12.1 Å². The number of rotatable bonds is 6. The third-order valence-corrected chi connectivity index (χ3v) is 3.05. The van der Waals surface area contributed by atoms with Crippen LogP contribution >= 0.6 is 0 Å². The molecule has 100 valence electrons. The molecule has 1 amide bonds. The van der Waals surface area contributed by atoms with E-state index in [0.29, 0.717) is 6.61 Å². The summed E-state index contributed by atoms with van der Waals surface area (Å²) in [5, 5.41) is 0. The normalized spacial score (nSPS) is 11.9. The maximum atomic E-state index is 11.8. The maximum absolute atomic E-state index is 11.8. The Bertz CT molecular complexity index is 351. The lowest BCUT2D eigenvalue weighted by Gasteiger charge is -2.24. The fourth-order valence-electron chi connectivity index (χ4n) is 1.68. The molecule has 0 radical (unpaired) electrons. The number of hydrogen-bond donors (Lipinski definition) is 0.